The first-order chi connectivity index (χ1) is 14.9. The first kappa shape index (κ1) is 22.0. The van der Waals surface area contributed by atoms with Crippen LogP contribution in [0.5, 0.6) is 0 Å². The van der Waals surface area contributed by atoms with Crippen LogP contribution in [-0.2, 0) is 4.79 Å². The number of hydrogen-bond acceptors (Lipinski definition) is 4. The molecule has 1 saturated heterocycles. The number of carbonyl (C=O) groups is 2. The molecule has 0 radical (unpaired) electrons. The van der Waals surface area contributed by atoms with Crippen LogP contribution >= 0.6 is 11.3 Å². The smallest absolute Gasteiger partial charge is 0.251 e. The Morgan fingerprint density at radius 1 is 1.16 bits per heavy atom. The summed E-state index contributed by atoms with van der Waals surface area (Å²) in [5.41, 5.74) is -0.869. The van der Waals surface area contributed by atoms with E-state index in [-0.39, 0.29) is 11.8 Å². The third-order valence-corrected chi connectivity index (χ3v) is 7.59. The molecule has 31 heavy (non-hydrogen) atoms. The van der Waals surface area contributed by atoms with Gasteiger partial charge in [-0.25, -0.2) is 4.39 Å². The molecule has 2 aromatic rings. The number of halogens is 1. The number of carbonyl (C=O) groups excluding carboxylic acids is 2. The second kappa shape index (κ2) is 9.09. The molecule has 1 aliphatic carbocycles. The fraction of sp³-hybridized carbons (Fsp3) is 0.500. The molecule has 4 rings (SSSR count). The average molecular weight is 445 g/mol. The Balaban J connectivity index is 1.65. The molecule has 1 aliphatic heterocycles. The molecule has 0 spiro atoms. The third-order valence-electron chi connectivity index (χ3n) is 6.65. The maximum atomic E-state index is 13.5. The predicted octanol–water partition coefficient (Wildman–Crippen LogP) is 4.29. The van der Waals surface area contributed by atoms with Gasteiger partial charge in [0.2, 0.25) is 5.91 Å². The molecule has 2 N–H and O–H groups in total. The predicted molar refractivity (Wildman–Crippen MR) is 118 cm³/mol. The lowest BCUT2D eigenvalue weighted by Gasteiger charge is -2.49. The molecule has 2 fully saturated rings. The van der Waals surface area contributed by atoms with Crippen LogP contribution in [0.4, 0.5) is 4.39 Å². The number of nitrogens with one attached hydrogen (secondary N) is 1. The standard InChI is InChI=1S/C24H29FN2O3S/c1-24(30)13-14-27(23(29)17-6-3-2-4-7-17)20(19-8-5-15-31-19)21(24)26-22(28)16-9-11-18(25)12-10-16/h5,8-12,15,17,20-21,30H,2-4,6-7,13-14H2,1H3,(H,26,28). The summed E-state index contributed by atoms with van der Waals surface area (Å²) in [5.74, 6) is -0.678. The van der Waals surface area contributed by atoms with E-state index in [1.54, 1.807) is 6.92 Å². The van der Waals surface area contributed by atoms with Crippen LogP contribution in [0.3, 0.4) is 0 Å². The van der Waals surface area contributed by atoms with E-state index in [0.29, 0.717) is 18.5 Å². The SMILES string of the molecule is CC1(O)CCN(C(=O)C2CCCCC2)C(c2cccs2)C1NC(=O)c1ccc(F)cc1. The van der Waals surface area contributed by atoms with Crippen LogP contribution in [0, 0.1) is 11.7 Å². The molecule has 1 aromatic carbocycles. The first-order valence-electron chi connectivity index (χ1n) is 11.0. The highest BCUT2D eigenvalue weighted by atomic mass is 32.1. The van der Waals surface area contributed by atoms with Crippen molar-refractivity contribution in [3.63, 3.8) is 0 Å². The van der Waals surface area contributed by atoms with E-state index in [1.807, 2.05) is 22.4 Å². The summed E-state index contributed by atoms with van der Waals surface area (Å²) >= 11 is 1.52. The van der Waals surface area contributed by atoms with Gasteiger partial charge >= 0.3 is 0 Å². The van der Waals surface area contributed by atoms with Crippen LogP contribution < -0.4 is 5.32 Å². The highest BCUT2D eigenvalue weighted by Crippen LogP contribution is 2.41. The van der Waals surface area contributed by atoms with E-state index in [2.05, 4.69) is 5.32 Å². The van der Waals surface area contributed by atoms with Gasteiger partial charge in [-0.1, -0.05) is 25.3 Å². The van der Waals surface area contributed by atoms with Gasteiger partial charge in [-0.05, 0) is 61.9 Å². The Morgan fingerprint density at radius 3 is 2.52 bits per heavy atom. The van der Waals surface area contributed by atoms with Gasteiger partial charge in [0.15, 0.2) is 0 Å². The molecule has 2 aliphatic rings. The lowest BCUT2D eigenvalue weighted by atomic mass is 9.80. The molecular weight excluding hydrogens is 415 g/mol. The molecule has 1 aromatic heterocycles. The number of thiophene rings is 1. The molecule has 5 nitrogen and oxygen atoms in total. The molecular formula is C24H29FN2O3S. The second-order valence-electron chi connectivity index (χ2n) is 8.89. The Kier molecular flexibility index (Phi) is 6.44. The number of rotatable bonds is 4. The fourth-order valence-electron chi connectivity index (χ4n) is 4.83. The molecule has 1 saturated carbocycles. The normalized spacial score (nSPS) is 27.1. The lowest BCUT2D eigenvalue weighted by Crippen LogP contribution is -2.63. The van der Waals surface area contributed by atoms with Crippen molar-refractivity contribution in [2.45, 2.75) is 63.1 Å². The van der Waals surface area contributed by atoms with Gasteiger partial charge in [0, 0.05) is 22.9 Å². The summed E-state index contributed by atoms with van der Waals surface area (Å²) in [6, 6.07) is 8.08. The van der Waals surface area contributed by atoms with E-state index in [1.165, 1.54) is 42.0 Å². The van der Waals surface area contributed by atoms with Crippen molar-refractivity contribution >= 4 is 23.2 Å². The number of nitrogens with zero attached hydrogens (tertiary/aromatic N) is 1. The Labute approximate surface area is 186 Å². The number of piperidine rings is 1. The minimum atomic E-state index is -1.19. The molecule has 3 unspecified atom stereocenters. The zero-order chi connectivity index (χ0) is 22.0. The van der Waals surface area contributed by atoms with E-state index in [0.717, 1.165) is 30.6 Å². The van der Waals surface area contributed by atoms with E-state index in [9.17, 15) is 19.1 Å². The van der Waals surface area contributed by atoms with Gasteiger partial charge in [0.1, 0.15) is 5.82 Å². The van der Waals surface area contributed by atoms with Crippen LogP contribution in [0.15, 0.2) is 41.8 Å². The van der Waals surface area contributed by atoms with Crippen molar-refractivity contribution in [2.24, 2.45) is 5.92 Å². The monoisotopic (exact) mass is 444 g/mol. The second-order valence-corrected chi connectivity index (χ2v) is 9.87. The quantitative estimate of drug-likeness (QED) is 0.739. The Hall–Kier alpha value is -2.25. The highest BCUT2D eigenvalue weighted by Gasteiger charge is 2.49. The summed E-state index contributed by atoms with van der Waals surface area (Å²) in [6.07, 6.45) is 5.47. The van der Waals surface area contributed by atoms with E-state index in [4.69, 9.17) is 0 Å². The number of benzene rings is 1. The van der Waals surface area contributed by atoms with Gasteiger partial charge in [-0.3, -0.25) is 9.59 Å². The zero-order valence-electron chi connectivity index (χ0n) is 17.7. The van der Waals surface area contributed by atoms with Gasteiger partial charge in [-0.15, -0.1) is 11.3 Å². The van der Waals surface area contributed by atoms with Gasteiger partial charge in [-0.2, -0.15) is 0 Å². The van der Waals surface area contributed by atoms with Gasteiger partial charge in [0.05, 0.1) is 17.7 Å². The largest absolute Gasteiger partial charge is 0.388 e. The van der Waals surface area contributed by atoms with Crippen LogP contribution in [-0.4, -0.2) is 40.0 Å². The number of amides is 2. The van der Waals surface area contributed by atoms with E-state index >= 15 is 0 Å². The Morgan fingerprint density at radius 2 is 1.87 bits per heavy atom. The van der Waals surface area contributed by atoms with Crippen molar-refractivity contribution in [2.75, 3.05) is 6.54 Å². The van der Waals surface area contributed by atoms with Crippen LogP contribution in [0.2, 0.25) is 0 Å². The molecule has 166 valence electrons. The average Bonchev–Trinajstić information content (AvgIpc) is 3.30. The summed E-state index contributed by atoms with van der Waals surface area (Å²) in [5, 5.41) is 16.2. The topological polar surface area (TPSA) is 69.6 Å². The summed E-state index contributed by atoms with van der Waals surface area (Å²) < 4.78 is 13.3. The molecule has 2 heterocycles. The van der Waals surface area contributed by atoms with Crippen molar-refractivity contribution in [3.8, 4) is 0 Å². The van der Waals surface area contributed by atoms with Crippen LogP contribution in [0.1, 0.15) is 66.7 Å². The molecule has 3 atom stereocenters. The van der Waals surface area contributed by atoms with E-state index < -0.39 is 29.4 Å². The van der Waals surface area contributed by atoms with Crippen molar-refractivity contribution in [1.82, 2.24) is 10.2 Å². The van der Waals surface area contributed by atoms with Crippen molar-refractivity contribution < 1.29 is 19.1 Å². The summed E-state index contributed by atoms with van der Waals surface area (Å²) in [6.45, 7) is 2.17. The maximum Gasteiger partial charge on any atom is 0.251 e. The minimum Gasteiger partial charge on any atom is -0.388 e. The number of likely N-dealkylation sites (tertiary alicyclic amines) is 1. The van der Waals surface area contributed by atoms with Crippen molar-refractivity contribution in [3.05, 3.63) is 58.0 Å². The lowest BCUT2D eigenvalue weighted by molar-refractivity contribution is -0.147. The maximum absolute atomic E-state index is 13.5. The Bertz CT molecular complexity index is 907. The highest BCUT2D eigenvalue weighted by molar-refractivity contribution is 7.10. The zero-order valence-corrected chi connectivity index (χ0v) is 18.5. The fourth-order valence-corrected chi connectivity index (χ4v) is 5.70. The van der Waals surface area contributed by atoms with Gasteiger partial charge in [0.25, 0.3) is 5.91 Å². The minimum absolute atomic E-state index is 0.00714. The van der Waals surface area contributed by atoms with Crippen molar-refractivity contribution in [1.29, 1.82) is 0 Å². The first-order valence-corrected chi connectivity index (χ1v) is 11.9. The van der Waals surface area contributed by atoms with Crippen LogP contribution in [0.25, 0.3) is 0 Å². The third kappa shape index (κ3) is 4.67. The summed E-state index contributed by atoms with van der Waals surface area (Å²) in [4.78, 5) is 29.3. The molecule has 0 bridgehead atoms. The van der Waals surface area contributed by atoms with Gasteiger partial charge < -0.3 is 15.3 Å². The number of hydrogen-bond donors (Lipinski definition) is 2. The molecule has 7 heteroatoms. The number of aliphatic hydroxyl groups is 1. The summed E-state index contributed by atoms with van der Waals surface area (Å²) in [7, 11) is 0. The molecule has 2 amide bonds.